The first-order chi connectivity index (χ1) is 16.4. The lowest BCUT2D eigenvalue weighted by molar-refractivity contribution is -0.138. The summed E-state index contributed by atoms with van der Waals surface area (Å²) in [4.78, 5) is 36.1. The second-order valence-electron chi connectivity index (χ2n) is 7.86. The Labute approximate surface area is 197 Å². The van der Waals surface area contributed by atoms with Gasteiger partial charge in [-0.05, 0) is 41.3 Å². The highest BCUT2D eigenvalue weighted by Crippen LogP contribution is 2.29. The SMILES string of the molecule is Cn1ccc(O)c(NC(=O)NC(CC(=O)O)c2cccc(Cc3ccc(C(F)(F)F)cc3)c2)c1=O. The summed E-state index contributed by atoms with van der Waals surface area (Å²) in [6.45, 7) is 0. The minimum Gasteiger partial charge on any atom is -0.505 e. The van der Waals surface area contributed by atoms with Crippen LogP contribution in [0.4, 0.5) is 23.7 Å². The summed E-state index contributed by atoms with van der Waals surface area (Å²) < 4.78 is 39.5. The van der Waals surface area contributed by atoms with Crippen molar-refractivity contribution in [1.82, 2.24) is 9.88 Å². The molecule has 0 aliphatic heterocycles. The van der Waals surface area contributed by atoms with E-state index in [1.54, 1.807) is 24.3 Å². The molecular formula is C24H22F3N3O5. The second kappa shape index (κ2) is 10.3. The molecule has 1 heterocycles. The van der Waals surface area contributed by atoms with Crippen molar-refractivity contribution < 1.29 is 33.0 Å². The molecule has 0 radical (unpaired) electrons. The fourth-order valence-corrected chi connectivity index (χ4v) is 3.44. The Hall–Kier alpha value is -4.28. The van der Waals surface area contributed by atoms with Crippen molar-refractivity contribution in [3.8, 4) is 5.75 Å². The maximum absolute atomic E-state index is 12.8. The maximum atomic E-state index is 12.8. The van der Waals surface area contributed by atoms with Gasteiger partial charge in [0.15, 0.2) is 5.69 Å². The van der Waals surface area contributed by atoms with Crippen molar-refractivity contribution in [3.63, 3.8) is 0 Å². The van der Waals surface area contributed by atoms with E-state index in [0.717, 1.165) is 16.7 Å². The van der Waals surface area contributed by atoms with Gasteiger partial charge in [0.1, 0.15) is 5.75 Å². The first-order valence-electron chi connectivity index (χ1n) is 10.4. The second-order valence-corrected chi connectivity index (χ2v) is 7.86. The van der Waals surface area contributed by atoms with Crippen LogP contribution in [0.15, 0.2) is 65.6 Å². The number of hydrogen-bond acceptors (Lipinski definition) is 4. The Bertz CT molecular complexity index is 1290. The number of hydrogen-bond donors (Lipinski definition) is 4. The Balaban J connectivity index is 1.79. The number of carbonyl (C=O) groups is 2. The summed E-state index contributed by atoms with van der Waals surface area (Å²) in [6.07, 6.45) is -3.31. The topological polar surface area (TPSA) is 121 Å². The number of aromatic hydroxyl groups is 1. The van der Waals surface area contributed by atoms with Crippen molar-refractivity contribution in [2.45, 2.75) is 25.1 Å². The number of anilines is 1. The fraction of sp³-hybridized carbons (Fsp3) is 0.208. The number of amides is 2. The predicted octanol–water partition coefficient (Wildman–Crippen LogP) is 4.04. The van der Waals surface area contributed by atoms with Crippen LogP contribution in [0.3, 0.4) is 0 Å². The molecule has 0 aliphatic carbocycles. The van der Waals surface area contributed by atoms with Gasteiger partial charge < -0.3 is 25.4 Å². The molecule has 1 atom stereocenters. The number of rotatable bonds is 7. The van der Waals surface area contributed by atoms with E-state index in [4.69, 9.17) is 0 Å². The van der Waals surface area contributed by atoms with E-state index >= 15 is 0 Å². The van der Waals surface area contributed by atoms with Crippen molar-refractivity contribution in [3.05, 3.63) is 93.4 Å². The van der Waals surface area contributed by atoms with E-state index in [1.807, 2.05) is 0 Å². The molecule has 2 aromatic carbocycles. The van der Waals surface area contributed by atoms with Gasteiger partial charge in [0.05, 0.1) is 18.0 Å². The third-order valence-corrected chi connectivity index (χ3v) is 5.21. The number of alkyl halides is 3. The maximum Gasteiger partial charge on any atom is 0.416 e. The number of pyridine rings is 1. The van der Waals surface area contributed by atoms with Crippen LogP contribution in [0.5, 0.6) is 5.75 Å². The summed E-state index contributed by atoms with van der Waals surface area (Å²) in [5.74, 6) is -1.64. The van der Waals surface area contributed by atoms with Crippen LogP contribution < -0.4 is 16.2 Å². The largest absolute Gasteiger partial charge is 0.505 e. The molecule has 0 aliphatic rings. The van der Waals surface area contributed by atoms with Crippen molar-refractivity contribution in [1.29, 1.82) is 0 Å². The average Bonchev–Trinajstić information content (AvgIpc) is 2.78. The molecule has 4 N–H and O–H groups in total. The van der Waals surface area contributed by atoms with Crippen LogP contribution in [-0.2, 0) is 24.4 Å². The molecule has 1 aromatic heterocycles. The van der Waals surface area contributed by atoms with Crippen molar-refractivity contribution in [2.75, 3.05) is 5.32 Å². The summed E-state index contributed by atoms with van der Waals surface area (Å²) in [6, 6.07) is 10.6. The third-order valence-electron chi connectivity index (χ3n) is 5.21. The Kier molecular flexibility index (Phi) is 7.48. The summed E-state index contributed by atoms with van der Waals surface area (Å²) >= 11 is 0. The van der Waals surface area contributed by atoms with Gasteiger partial charge in [0.25, 0.3) is 5.56 Å². The minimum absolute atomic E-state index is 0.284. The zero-order chi connectivity index (χ0) is 25.8. The highest BCUT2D eigenvalue weighted by Gasteiger charge is 2.30. The molecule has 0 fully saturated rings. The zero-order valence-corrected chi connectivity index (χ0v) is 18.5. The molecule has 11 heteroatoms. The molecule has 0 saturated heterocycles. The van der Waals surface area contributed by atoms with Gasteiger partial charge in [-0.15, -0.1) is 0 Å². The quantitative estimate of drug-likeness (QED) is 0.399. The average molecular weight is 489 g/mol. The lowest BCUT2D eigenvalue weighted by Gasteiger charge is -2.19. The number of carbonyl (C=O) groups excluding carboxylic acids is 1. The fourth-order valence-electron chi connectivity index (χ4n) is 3.44. The van der Waals surface area contributed by atoms with Gasteiger partial charge in [-0.25, -0.2) is 4.79 Å². The number of nitrogens with zero attached hydrogens (tertiary/aromatic N) is 1. The number of halogens is 3. The Morgan fingerprint density at radius 3 is 2.37 bits per heavy atom. The number of carboxylic acids is 1. The van der Waals surface area contributed by atoms with Crippen LogP contribution >= 0.6 is 0 Å². The standard InChI is InChI=1S/C24H22F3N3O5/c1-30-10-9-19(31)21(22(30)34)29-23(35)28-18(13-20(32)33)16-4-2-3-15(12-16)11-14-5-7-17(8-6-14)24(25,26)27/h2-10,12,18,31H,11,13H2,1H3,(H,32,33)(H2,28,29,35). The molecule has 0 saturated carbocycles. The van der Waals surface area contributed by atoms with Crippen LogP contribution in [0, 0.1) is 0 Å². The minimum atomic E-state index is -4.44. The number of aryl methyl sites for hydroxylation is 1. The summed E-state index contributed by atoms with van der Waals surface area (Å²) in [7, 11) is 1.43. The van der Waals surface area contributed by atoms with Crippen LogP contribution in [0.25, 0.3) is 0 Å². The molecule has 0 bridgehead atoms. The molecule has 3 rings (SSSR count). The predicted molar refractivity (Wildman–Crippen MR) is 121 cm³/mol. The summed E-state index contributed by atoms with van der Waals surface area (Å²) in [5.41, 5.74) is -0.0327. The van der Waals surface area contributed by atoms with E-state index < -0.39 is 47.5 Å². The van der Waals surface area contributed by atoms with Crippen LogP contribution in [0.2, 0.25) is 0 Å². The normalized spacial score (nSPS) is 12.1. The number of aromatic nitrogens is 1. The summed E-state index contributed by atoms with van der Waals surface area (Å²) in [5, 5.41) is 23.9. The van der Waals surface area contributed by atoms with Gasteiger partial charge in [0.2, 0.25) is 0 Å². The number of aliphatic carboxylic acids is 1. The first kappa shape index (κ1) is 25.3. The molecule has 35 heavy (non-hydrogen) atoms. The van der Waals surface area contributed by atoms with E-state index in [2.05, 4.69) is 10.6 Å². The molecule has 0 spiro atoms. The molecule has 3 aromatic rings. The van der Waals surface area contributed by atoms with Gasteiger partial charge in [-0.2, -0.15) is 13.2 Å². The van der Waals surface area contributed by atoms with E-state index in [9.17, 15) is 37.8 Å². The highest BCUT2D eigenvalue weighted by atomic mass is 19.4. The number of carboxylic acid groups (broad SMARTS) is 1. The third kappa shape index (κ3) is 6.62. The van der Waals surface area contributed by atoms with Crippen molar-refractivity contribution in [2.24, 2.45) is 7.05 Å². The molecule has 1 unspecified atom stereocenters. The highest BCUT2D eigenvalue weighted by molar-refractivity contribution is 5.91. The lowest BCUT2D eigenvalue weighted by atomic mass is 9.97. The monoisotopic (exact) mass is 489 g/mol. The van der Waals surface area contributed by atoms with E-state index in [-0.39, 0.29) is 12.1 Å². The van der Waals surface area contributed by atoms with Gasteiger partial charge in [0, 0.05) is 13.2 Å². The van der Waals surface area contributed by atoms with Gasteiger partial charge in [-0.1, -0.05) is 36.4 Å². The molecule has 184 valence electrons. The van der Waals surface area contributed by atoms with Crippen LogP contribution in [-0.4, -0.2) is 26.8 Å². The Morgan fingerprint density at radius 1 is 1.06 bits per heavy atom. The smallest absolute Gasteiger partial charge is 0.416 e. The van der Waals surface area contributed by atoms with Crippen LogP contribution in [0.1, 0.15) is 34.7 Å². The molecule has 2 amide bonds. The molecule has 8 nitrogen and oxygen atoms in total. The number of urea groups is 1. The molecular weight excluding hydrogens is 467 g/mol. The van der Waals surface area contributed by atoms with Gasteiger partial charge >= 0.3 is 18.2 Å². The first-order valence-corrected chi connectivity index (χ1v) is 10.4. The Morgan fingerprint density at radius 2 is 1.74 bits per heavy atom. The number of benzene rings is 2. The number of nitrogens with one attached hydrogen (secondary N) is 2. The zero-order valence-electron chi connectivity index (χ0n) is 18.5. The lowest BCUT2D eigenvalue weighted by Crippen LogP contribution is -2.36. The van der Waals surface area contributed by atoms with E-state index in [0.29, 0.717) is 16.7 Å². The van der Waals surface area contributed by atoms with Gasteiger partial charge in [-0.3, -0.25) is 9.59 Å². The van der Waals surface area contributed by atoms with Crippen molar-refractivity contribution >= 4 is 17.7 Å². The van der Waals surface area contributed by atoms with E-state index in [1.165, 1.54) is 31.4 Å².